The molecule has 2 aromatic carbocycles. The minimum Gasteiger partial charge on any atom is -0.378 e. The standard InChI is InChI=1S/C17H15N3O4S2/c1-12-6-8-14(9-7-12)26(22,23)24-15-5-3-2-4-13(15)10-18-20-17-19-16(21)11-25-17/h2-10H,11H2,1H3,(H,19,20,21). The Balaban J connectivity index is 1.81. The molecule has 1 aliphatic heterocycles. The summed E-state index contributed by atoms with van der Waals surface area (Å²) >= 11 is 1.25. The Morgan fingerprint density at radius 2 is 1.88 bits per heavy atom. The lowest BCUT2D eigenvalue weighted by molar-refractivity contribution is -0.116. The van der Waals surface area contributed by atoms with Crippen LogP contribution in [0.3, 0.4) is 0 Å². The molecule has 0 atom stereocenters. The number of hydrogen-bond donors (Lipinski definition) is 1. The first-order valence-electron chi connectivity index (χ1n) is 7.58. The predicted molar refractivity (Wildman–Crippen MR) is 101 cm³/mol. The Kier molecular flexibility index (Phi) is 5.38. The van der Waals surface area contributed by atoms with Gasteiger partial charge in [0.1, 0.15) is 4.90 Å². The highest BCUT2D eigenvalue weighted by Crippen LogP contribution is 2.22. The topological polar surface area (TPSA) is 97.2 Å². The molecular weight excluding hydrogens is 374 g/mol. The Hall–Kier alpha value is -2.65. The lowest BCUT2D eigenvalue weighted by atomic mass is 10.2. The molecule has 0 spiro atoms. The summed E-state index contributed by atoms with van der Waals surface area (Å²) in [5.41, 5.74) is 1.40. The normalized spacial score (nSPS) is 16.2. The van der Waals surface area contributed by atoms with Gasteiger partial charge in [-0.3, -0.25) is 4.79 Å². The molecule has 0 saturated carbocycles. The summed E-state index contributed by atoms with van der Waals surface area (Å²) in [5.74, 6) is 0.319. The summed E-state index contributed by atoms with van der Waals surface area (Å²) in [6.07, 6.45) is 1.37. The van der Waals surface area contributed by atoms with Crippen molar-refractivity contribution in [2.45, 2.75) is 11.8 Å². The number of amides is 1. The van der Waals surface area contributed by atoms with E-state index in [1.807, 2.05) is 6.92 Å². The van der Waals surface area contributed by atoms with Crippen molar-refractivity contribution in [2.75, 3.05) is 5.75 Å². The third-order valence-corrected chi connectivity index (χ3v) is 5.47. The van der Waals surface area contributed by atoms with Gasteiger partial charge in [0.2, 0.25) is 5.91 Å². The van der Waals surface area contributed by atoms with Crippen molar-refractivity contribution in [1.29, 1.82) is 0 Å². The number of aryl methyl sites for hydroxylation is 1. The fourth-order valence-corrected chi connectivity index (χ4v) is 3.64. The first kappa shape index (κ1) is 18.2. The summed E-state index contributed by atoms with van der Waals surface area (Å²) in [6.45, 7) is 1.87. The number of para-hydroxylation sites is 1. The van der Waals surface area contributed by atoms with Crippen LogP contribution in [-0.2, 0) is 14.9 Å². The molecule has 9 heteroatoms. The maximum atomic E-state index is 12.4. The lowest BCUT2D eigenvalue weighted by Gasteiger charge is -2.09. The zero-order valence-corrected chi connectivity index (χ0v) is 15.4. The Morgan fingerprint density at radius 1 is 1.15 bits per heavy atom. The molecule has 3 rings (SSSR count). The van der Waals surface area contributed by atoms with Crippen molar-refractivity contribution in [2.24, 2.45) is 10.2 Å². The Bertz CT molecular complexity index is 983. The number of benzene rings is 2. The minimum absolute atomic E-state index is 0.0696. The highest BCUT2D eigenvalue weighted by molar-refractivity contribution is 8.15. The summed E-state index contributed by atoms with van der Waals surface area (Å²) in [4.78, 5) is 11.2. The van der Waals surface area contributed by atoms with Crippen LogP contribution in [0, 0.1) is 6.92 Å². The van der Waals surface area contributed by atoms with E-state index in [-0.39, 0.29) is 16.6 Å². The molecule has 0 bridgehead atoms. The van der Waals surface area contributed by atoms with E-state index < -0.39 is 10.1 Å². The minimum atomic E-state index is -3.96. The van der Waals surface area contributed by atoms with Crippen molar-refractivity contribution < 1.29 is 17.4 Å². The lowest BCUT2D eigenvalue weighted by Crippen LogP contribution is -2.19. The van der Waals surface area contributed by atoms with Crippen LogP contribution in [0.15, 0.2) is 63.6 Å². The molecule has 0 unspecified atom stereocenters. The molecule has 0 aliphatic carbocycles. The highest BCUT2D eigenvalue weighted by atomic mass is 32.2. The monoisotopic (exact) mass is 389 g/mol. The Morgan fingerprint density at radius 3 is 2.58 bits per heavy atom. The number of rotatable bonds is 5. The van der Waals surface area contributed by atoms with Crippen LogP contribution >= 0.6 is 11.8 Å². The smallest absolute Gasteiger partial charge is 0.339 e. The second-order valence-electron chi connectivity index (χ2n) is 5.37. The molecule has 26 heavy (non-hydrogen) atoms. The van der Waals surface area contributed by atoms with Gasteiger partial charge in [-0.1, -0.05) is 41.6 Å². The maximum absolute atomic E-state index is 12.4. The van der Waals surface area contributed by atoms with Gasteiger partial charge in [0, 0.05) is 5.56 Å². The van der Waals surface area contributed by atoms with Crippen LogP contribution < -0.4 is 9.50 Å². The average Bonchev–Trinajstić information content (AvgIpc) is 3.02. The number of nitrogens with zero attached hydrogens (tertiary/aromatic N) is 2. The fraction of sp³-hybridized carbons (Fsp3) is 0.118. The molecule has 0 radical (unpaired) electrons. The quantitative estimate of drug-likeness (QED) is 0.481. The van der Waals surface area contributed by atoms with Crippen molar-refractivity contribution in [1.82, 2.24) is 5.32 Å². The van der Waals surface area contributed by atoms with E-state index >= 15 is 0 Å². The van der Waals surface area contributed by atoms with E-state index in [9.17, 15) is 13.2 Å². The second-order valence-corrected chi connectivity index (χ2v) is 7.89. The number of carbonyl (C=O) groups excluding carboxylic acids is 1. The van der Waals surface area contributed by atoms with Crippen LogP contribution in [0.4, 0.5) is 0 Å². The van der Waals surface area contributed by atoms with Gasteiger partial charge < -0.3 is 9.50 Å². The molecule has 1 saturated heterocycles. The van der Waals surface area contributed by atoms with Gasteiger partial charge in [-0.25, -0.2) is 0 Å². The zero-order chi connectivity index (χ0) is 18.6. The summed E-state index contributed by atoms with van der Waals surface area (Å²) in [7, 11) is -3.96. The van der Waals surface area contributed by atoms with Crippen LogP contribution in [-0.4, -0.2) is 31.5 Å². The van der Waals surface area contributed by atoms with E-state index in [0.717, 1.165) is 5.56 Å². The molecule has 7 nitrogen and oxygen atoms in total. The van der Waals surface area contributed by atoms with Crippen LogP contribution in [0.2, 0.25) is 0 Å². The van der Waals surface area contributed by atoms with Gasteiger partial charge in [0.15, 0.2) is 10.9 Å². The number of carbonyl (C=O) groups is 1. The van der Waals surface area contributed by atoms with Gasteiger partial charge in [0.25, 0.3) is 0 Å². The van der Waals surface area contributed by atoms with Crippen molar-refractivity contribution >= 4 is 39.2 Å². The average molecular weight is 389 g/mol. The SMILES string of the molecule is Cc1ccc(S(=O)(=O)Oc2ccccc2C=NN=C2NC(=O)CS2)cc1. The molecule has 2 aromatic rings. The van der Waals surface area contributed by atoms with Crippen LogP contribution in [0.5, 0.6) is 5.75 Å². The van der Waals surface area contributed by atoms with Gasteiger partial charge in [-0.15, -0.1) is 5.10 Å². The molecule has 134 valence electrons. The third kappa shape index (κ3) is 4.50. The van der Waals surface area contributed by atoms with Gasteiger partial charge in [-0.2, -0.15) is 13.5 Å². The molecule has 1 heterocycles. The van der Waals surface area contributed by atoms with Gasteiger partial charge >= 0.3 is 10.1 Å². The Labute approximate surface area is 155 Å². The molecule has 1 amide bonds. The van der Waals surface area contributed by atoms with Crippen LogP contribution in [0.1, 0.15) is 11.1 Å². The molecular formula is C17H15N3O4S2. The van der Waals surface area contributed by atoms with Gasteiger partial charge in [-0.05, 0) is 31.2 Å². The summed E-state index contributed by atoms with van der Waals surface area (Å²) in [5, 5.41) is 10.7. The first-order valence-corrected chi connectivity index (χ1v) is 9.97. The van der Waals surface area contributed by atoms with Crippen molar-refractivity contribution in [3.63, 3.8) is 0 Å². The van der Waals surface area contributed by atoms with Crippen molar-refractivity contribution in [3.05, 3.63) is 59.7 Å². The molecule has 0 aromatic heterocycles. The zero-order valence-electron chi connectivity index (χ0n) is 13.7. The largest absolute Gasteiger partial charge is 0.378 e. The number of amidine groups is 1. The molecule has 1 N–H and O–H groups in total. The van der Waals surface area contributed by atoms with Crippen molar-refractivity contribution in [3.8, 4) is 5.75 Å². The van der Waals surface area contributed by atoms with Gasteiger partial charge in [0.05, 0.1) is 12.0 Å². The first-order chi connectivity index (χ1) is 12.4. The highest BCUT2D eigenvalue weighted by Gasteiger charge is 2.18. The van der Waals surface area contributed by atoms with E-state index in [1.54, 1.807) is 30.3 Å². The van der Waals surface area contributed by atoms with Crippen LogP contribution in [0.25, 0.3) is 0 Å². The summed E-state index contributed by atoms with van der Waals surface area (Å²) < 4.78 is 30.1. The fourth-order valence-electron chi connectivity index (χ4n) is 2.06. The number of nitrogens with one attached hydrogen (secondary N) is 1. The predicted octanol–water partition coefficient (Wildman–Crippen LogP) is 2.32. The van der Waals surface area contributed by atoms with E-state index in [4.69, 9.17) is 4.18 Å². The molecule has 1 aliphatic rings. The number of thioether (sulfide) groups is 1. The maximum Gasteiger partial charge on any atom is 0.339 e. The van der Waals surface area contributed by atoms with E-state index in [2.05, 4.69) is 15.5 Å². The summed E-state index contributed by atoms with van der Waals surface area (Å²) in [6, 6.07) is 13.0. The second kappa shape index (κ2) is 7.71. The number of hydrogen-bond acceptors (Lipinski definition) is 7. The van der Waals surface area contributed by atoms with E-state index in [1.165, 1.54) is 36.2 Å². The third-order valence-electron chi connectivity index (χ3n) is 3.36. The van der Waals surface area contributed by atoms with E-state index in [0.29, 0.717) is 16.5 Å². The molecule has 1 fully saturated rings.